The van der Waals surface area contributed by atoms with Gasteiger partial charge in [-0.05, 0) is 60.8 Å². The zero-order valence-electron chi connectivity index (χ0n) is 20.9. The highest BCUT2D eigenvalue weighted by atomic mass is 35.5. The van der Waals surface area contributed by atoms with Crippen LogP contribution in [-0.4, -0.2) is 57.1 Å². The molecule has 39 heavy (non-hydrogen) atoms. The van der Waals surface area contributed by atoms with Crippen molar-refractivity contribution < 1.29 is 35.2 Å². The zero-order valence-corrected chi connectivity index (χ0v) is 23.3. The topological polar surface area (TPSA) is 78.5 Å². The van der Waals surface area contributed by atoms with Crippen molar-refractivity contribution in [2.75, 3.05) is 25.4 Å². The maximum Gasteiger partial charge on any atom is 0.416 e. The van der Waals surface area contributed by atoms with Gasteiger partial charge in [0.1, 0.15) is 0 Å². The molecular formula is C25H28Cl2F5N3O3S. The minimum absolute atomic E-state index is 0.0399. The minimum atomic E-state index is -4.83. The largest absolute Gasteiger partial charge is 0.416 e. The lowest BCUT2D eigenvalue weighted by molar-refractivity contribution is -0.138. The summed E-state index contributed by atoms with van der Waals surface area (Å²) in [5.41, 5.74) is -1.47. The molecule has 0 radical (unpaired) electrons. The summed E-state index contributed by atoms with van der Waals surface area (Å²) in [6.45, 7) is 1.21. The monoisotopic (exact) mass is 615 g/mol. The molecule has 1 fully saturated rings. The molecule has 1 atom stereocenters. The molecule has 14 heteroatoms. The molecule has 1 unspecified atom stereocenters. The van der Waals surface area contributed by atoms with Gasteiger partial charge in [-0.15, -0.1) is 0 Å². The van der Waals surface area contributed by atoms with E-state index in [4.69, 9.17) is 23.2 Å². The van der Waals surface area contributed by atoms with Crippen molar-refractivity contribution in [2.45, 2.75) is 56.4 Å². The molecule has 3 rings (SSSR count). The molecule has 2 aromatic rings. The van der Waals surface area contributed by atoms with E-state index < -0.39 is 40.5 Å². The van der Waals surface area contributed by atoms with E-state index in [0.717, 1.165) is 6.07 Å². The summed E-state index contributed by atoms with van der Waals surface area (Å²) >= 11 is 12.2. The number of nitrogens with zero attached hydrogens (tertiary/aromatic N) is 1. The van der Waals surface area contributed by atoms with E-state index in [-0.39, 0.29) is 63.1 Å². The number of halogens is 7. The summed E-state index contributed by atoms with van der Waals surface area (Å²) in [7, 11) is -3.65. The van der Waals surface area contributed by atoms with Gasteiger partial charge in [0.15, 0.2) is 9.84 Å². The summed E-state index contributed by atoms with van der Waals surface area (Å²) in [4.78, 5) is 14.5. The number of hydrogen-bond donors (Lipinski definition) is 2. The molecule has 1 amide bonds. The van der Waals surface area contributed by atoms with Crippen molar-refractivity contribution in [1.82, 2.24) is 15.5 Å². The summed E-state index contributed by atoms with van der Waals surface area (Å²) in [6.07, 6.45) is -6.13. The number of likely N-dealkylation sites (tertiary alicyclic amines) is 1. The third-order valence-corrected chi connectivity index (χ3v) is 8.79. The van der Waals surface area contributed by atoms with E-state index in [1.807, 2.05) is 0 Å². The maximum absolute atomic E-state index is 14.0. The van der Waals surface area contributed by atoms with E-state index in [9.17, 15) is 35.2 Å². The van der Waals surface area contributed by atoms with Crippen LogP contribution in [0.3, 0.4) is 0 Å². The highest BCUT2D eigenvalue weighted by molar-refractivity contribution is 7.91. The quantitative estimate of drug-likeness (QED) is 0.342. The fraction of sp³-hybridized carbons (Fsp3) is 0.480. The van der Waals surface area contributed by atoms with Crippen molar-refractivity contribution in [3.05, 3.63) is 62.6 Å². The average Bonchev–Trinajstić information content (AvgIpc) is 2.86. The number of benzene rings is 2. The van der Waals surface area contributed by atoms with E-state index in [1.165, 1.54) is 25.1 Å². The Hall–Kier alpha value is -1.99. The molecule has 1 aliphatic heterocycles. The molecule has 0 aromatic heterocycles. The van der Waals surface area contributed by atoms with Crippen LogP contribution in [0, 0.1) is 0 Å². The third-order valence-electron chi connectivity index (χ3n) is 6.39. The number of carbonyl (C=O) groups is 1. The van der Waals surface area contributed by atoms with Crippen molar-refractivity contribution >= 4 is 38.9 Å². The lowest BCUT2D eigenvalue weighted by atomic mass is 10.00. The molecule has 1 heterocycles. The first kappa shape index (κ1) is 31.5. The molecule has 1 aliphatic rings. The standard InChI is InChI=1S/C25H28Cl2F5N3O3S/c1-2-39(37,38)22-6-5-17(26)8-16(22)11-34-24(36)15-9-20(25(30,31)32)19(21(27)10-15)14-35-7-3-4-18(13-35)33-12-23(28)29/h5-6,8-10,18,23,33H,2-4,7,11-14H2,1H3,(H,34,36). The smallest absolute Gasteiger partial charge is 0.348 e. The van der Waals surface area contributed by atoms with Gasteiger partial charge in [0, 0.05) is 41.3 Å². The van der Waals surface area contributed by atoms with E-state index in [0.29, 0.717) is 25.5 Å². The zero-order chi connectivity index (χ0) is 29.0. The van der Waals surface area contributed by atoms with Crippen LogP contribution in [0.5, 0.6) is 0 Å². The number of rotatable bonds is 10. The molecule has 0 saturated carbocycles. The number of sulfone groups is 1. The Labute approximate surface area is 233 Å². The van der Waals surface area contributed by atoms with Gasteiger partial charge in [-0.1, -0.05) is 30.1 Å². The molecule has 216 valence electrons. The predicted molar refractivity (Wildman–Crippen MR) is 139 cm³/mol. The first-order valence-corrected chi connectivity index (χ1v) is 14.5. The van der Waals surface area contributed by atoms with Gasteiger partial charge in [0.25, 0.3) is 12.3 Å². The van der Waals surface area contributed by atoms with Crippen LogP contribution in [-0.2, 0) is 29.1 Å². The summed E-state index contributed by atoms with van der Waals surface area (Å²) < 4.78 is 92.0. The molecule has 6 nitrogen and oxygen atoms in total. The Bertz CT molecular complexity index is 1290. The predicted octanol–water partition coefficient (Wildman–Crippen LogP) is 5.55. The Balaban J connectivity index is 1.82. The highest BCUT2D eigenvalue weighted by Crippen LogP contribution is 2.37. The first-order valence-electron chi connectivity index (χ1n) is 12.1. The van der Waals surface area contributed by atoms with Crippen molar-refractivity contribution in [2.24, 2.45) is 0 Å². The van der Waals surface area contributed by atoms with Gasteiger partial charge in [-0.25, -0.2) is 17.2 Å². The van der Waals surface area contributed by atoms with Crippen molar-refractivity contribution in [3.8, 4) is 0 Å². The van der Waals surface area contributed by atoms with Gasteiger partial charge >= 0.3 is 6.18 Å². The number of carbonyl (C=O) groups excluding carboxylic acids is 1. The Morgan fingerprint density at radius 1 is 1.18 bits per heavy atom. The summed E-state index contributed by atoms with van der Waals surface area (Å²) in [5.74, 6) is -1.08. The fourth-order valence-corrected chi connectivity index (χ4v) is 6.04. The van der Waals surface area contributed by atoms with Crippen LogP contribution in [0.25, 0.3) is 0 Å². The molecule has 0 spiro atoms. The molecule has 0 aliphatic carbocycles. The van der Waals surface area contributed by atoms with Gasteiger partial charge in [0.2, 0.25) is 0 Å². The molecule has 0 bridgehead atoms. The molecule has 2 aromatic carbocycles. The lowest BCUT2D eigenvalue weighted by Crippen LogP contribution is -2.46. The van der Waals surface area contributed by atoms with Gasteiger partial charge in [-0.3, -0.25) is 9.69 Å². The number of alkyl halides is 5. The van der Waals surface area contributed by atoms with Crippen LogP contribution >= 0.6 is 23.2 Å². The maximum atomic E-state index is 14.0. The van der Waals surface area contributed by atoms with Crippen molar-refractivity contribution in [3.63, 3.8) is 0 Å². The Kier molecular flexibility index (Phi) is 10.6. The third kappa shape index (κ3) is 8.50. The van der Waals surface area contributed by atoms with Crippen LogP contribution in [0.2, 0.25) is 10.0 Å². The van der Waals surface area contributed by atoms with Crippen molar-refractivity contribution in [1.29, 1.82) is 0 Å². The summed E-state index contributed by atoms with van der Waals surface area (Å²) in [6, 6.07) is 5.60. The SMILES string of the molecule is CCS(=O)(=O)c1ccc(Cl)cc1CNC(=O)c1cc(Cl)c(CN2CCCC(NCC(F)F)C2)c(C(F)(F)F)c1. The molecule has 1 saturated heterocycles. The second kappa shape index (κ2) is 13.1. The number of nitrogens with one attached hydrogen (secondary N) is 2. The van der Waals surface area contributed by atoms with E-state index in [1.54, 1.807) is 4.90 Å². The Morgan fingerprint density at radius 2 is 1.90 bits per heavy atom. The van der Waals surface area contributed by atoms with Gasteiger partial charge < -0.3 is 10.6 Å². The van der Waals surface area contributed by atoms with E-state index >= 15 is 0 Å². The number of amides is 1. The second-order valence-electron chi connectivity index (χ2n) is 9.19. The van der Waals surface area contributed by atoms with Crippen LogP contribution < -0.4 is 10.6 Å². The van der Waals surface area contributed by atoms with E-state index in [2.05, 4.69) is 10.6 Å². The number of hydrogen-bond acceptors (Lipinski definition) is 5. The number of piperidine rings is 1. The Morgan fingerprint density at radius 3 is 2.54 bits per heavy atom. The minimum Gasteiger partial charge on any atom is -0.348 e. The lowest BCUT2D eigenvalue weighted by Gasteiger charge is -2.34. The first-order chi connectivity index (χ1) is 18.2. The second-order valence-corrected chi connectivity index (χ2v) is 12.3. The highest BCUT2D eigenvalue weighted by Gasteiger charge is 2.36. The van der Waals surface area contributed by atoms with Crippen LogP contribution in [0.15, 0.2) is 35.2 Å². The molecule has 2 N–H and O–H groups in total. The van der Waals surface area contributed by atoms with Gasteiger partial charge in [0.05, 0.1) is 22.8 Å². The molecular weight excluding hydrogens is 588 g/mol. The fourth-order valence-electron chi connectivity index (χ4n) is 4.45. The normalized spacial score (nSPS) is 17.0. The summed E-state index contributed by atoms with van der Waals surface area (Å²) in [5, 5.41) is 5.13. The van der Waals surface area contributed by atoms with Crippen LogP contribution in [0.4, 0.5) is 22.0 Å². The van der Waals surface area contributed by atoms with Gasteiger partial charge in [-0.2, -0.15) is 13.2 Å². The average molecular weight is 616 g/mol. The van der Waals surface area contributed by atoms with Crippen LogP contribution in [0.1, 0.15) is 46.8 Å².